The molecule has 0 aliphatic carbocycles. The lowest BCUT2D eigenvalue weighted by Gasteiger charge is -2.40. The van der Waals surface area contributed by atoms with E-state index in [0.717, 1.165) is 12.0 Å². The molecule has 0 radical (unpaired) electrons. The van der Waals surface area contributed by atoms with E-state index in [2.05, 4.69) is 0 Å². The predicted octanol–water partition coefficient (Wildman–Crippen LogP) is 1.98. The highest BCUT2D eigenvalue weighted by molar-refractivity contribution is 5.13. The second kappa shape index (κ2) is 6.29. The molecular formula is C14H20O4. The molecule has 1 aliphatic rings. The molecule has 18 heavy (non-hydrogen) atoms. The van der Waals surface area contributed by atoms with Crippen LogP contribution in [0.25, 0.3) is 0 Å². The highest BCUT2D eigenvalue weighted by atomic mass is 16.7. The highest BCUT2D eigenvalue weighted by Gasteiger charge is 2.43. The first kappa shape index (κ1) is 13.5. The lowest BCUT2D eigenvalue weighted by Crippen LogP contribution is -2.54. The lowest BCUT2D eigenvalue weighted by molar-refractivity contribution is -0.311. The van der Waals surface area contributed by atoms with E-state index in [4.69, 9.17) is 18.9 Å². The van der Waals surface area contributed by atoms with Crippen LogP contribution in [0.15, 0.2) is 30.3 Å². The van der Waals surface area contributed by atoms with Gasteiger partial charge in [-0.2, -0.15) is 0 Å². The molecule has 1 atom stereocenters. The van der Waals surface area contributed by atoms with E-state index in [9.17, 15) is 0 Å². The number of hydrogen-bond acceptors (Lipinski definition) is 4. The molecule has 1 aromatic rings. The van der Waals surface area contributed by atoms with Gasteiger partial charge in [-0.15, -0.1) is 0 Å². The summed E-state index contributed by atoms with van der Waals surface area (Å²) in [5.41, 5.74) is 1.14. The fourth-order valence-corrected chi connectivity index (χ4v) is 2.16. The third-order valence-electron chi connectivity index (χ3n) is 3.30. The molecule has 1 unspecified atom stereocenters. The van der Waals surface area contributed by atoms with E-state index < -0.39 is 5.79 Å². The van der Waals surface area contributed by atoms with E-state index in [1.807, 2.05) is 30.3 Å². The largest absolute Gasteiger partial charge is 0.376 e. The van der Waals surface area contributed by atoms with Gasteiger partial charge in [-0.05, 0) is 5.56 Å². The average Bonchev–Trinajstić information content (AvgIpc) is 2.46. The van der Waals surface area contributed by atoms with Gasteiger partial charge in [0.25, 0.3) is 0 Å². The molecule has 4 nitrogen and oxygen atoms in total. The van der Waals surface area contributed by atoms with E-state index in [-0.39, 0.29) is 6.10 Å². The minimum absolute atomic E-state index is 0.110. The quantitative estimate of drug-likeness (QED) is 0.751. The predicted molar refractivity (Wildman–Crippen MR) is 67.2 cm³/mol. The van der Waals surface area contributed by atoms with Gasteiger partial charge < -0.3 is 18.9 Å². The van der Waals surface area contributed by atoms with Gasteiger partial charge in [-0.3, -0.25) is 0 Å². The summed E-state index contributed by atoms with van der Waals surface area (Å²) in [4.78, 5) is 0. The number of benzene rings is 1. The van der Waals surface area contributed by atoms with Crippen LogP contribution in [0.4, 0.5) is 0 Å². The van der Waals surface area contributed by atoms with E-state index >= 15 is 0 Å². The van der Waals surface area contributed by atoms with E-state index in [1.54, 1.807) is 14.2 Å². The maximum absolute atomic E-state index is 5.94. The van der Waals surface area contributed by atoms with Gasteiger partial charge in [0, 0.05) is 27.2 Å². The van der Waals surface area contributed by atoms with Crippen LogP contribution in [0.1, 0.15) is 12.0 Å². The van der Waals surface area contributed by atoms with Crippen LogP contribution in [0.5, 0.6) is 0 Å². The molecule has 1 saturated heterocycles. The summed E-state index contributed by atoms with van der Waals surface area (Å²) in [7, 11) is 3.24. The van der Waals surface area contributed by atoms with Crippen molar-refractivity contribution in [3.05, 3.63) is 35.9 Å². The van der Waals surface area contributed by atoms with Crippen LogP contribution >= 0.6 is 0 Å². The number of ether oxygens (including phenoxy) is 4. The third-order valence-corrected chi connectivity index (χ3v) is 3.30. The molecule has 0 aromatic heterocycles. The zero-order valence-electron chi connectivity index (χ0n) is 10.9. The van der Waals surface area contributed by atoms with Crippen LogP contribution in [0, 0.1) is 0 Å². The molecule has 1 heterocycles. The van der Waals surface area contributed by atoms with E-state index in [0.29, 0.717) is 19.8 Å². The Balaban J connectivity index is 1.98. The molecule has 2 rings (SSSR count). The van der Waals surface area contributed by atoms with Gasteiger partial charge in [0.15, 0.2) is 0 Å². The van der Waals surface area contributed by atoms with Crippen molar-refractivity contribution < 1.29 is 18.9 Å². The monoisotopic (exact) mass is 252 g/mol. The molecule has 0 spiro atoms. The molecule has 1 aliphatic heterocycles. The normalized spacial score (nSPS) is 22.9. The fraction of sp³-hybridized carbons (Fsp3) is 0.571. The molecule has 1 fully saturated rings. The van der Waals surface area contributed by atoms with Crippen LogP contribution in [0.2, 0.25) is 0 Å². The summed E-state index contributed by atoms with van der Waals surface area (Å²) in [5, 5.41) is 0. The second-order valence-electron chi connectivity index (χ2n) is 4.35. The molecule has 100 valence electrons. The molecule has 1 aromatic carbocycles. The molecule has 4 heteroatoms. The van der Waals surface area contributed by atoms with Crippen molar-refractivity contribution in [1.29, 1.82) is 0 Å². The van der Waals surface area contributed by atoms with Crippen LogP contribution in [-0.4, -0.2) is 39.3 Å². The minimum atomic E-state index is -0.785. The summed E-state index contributed by atoms with van der Waals surface area (Å²) in [6.07, 6.45) is 0.663. The van der Waals surface area contributed by atoms with Crippen LogP contribution in [-0.2, 0) is 25.6 Å². The summed E-state index contributed by atoms with van der Waals surface area (Å²) in [6.45, 7) is 1.63. The minimum Gasteiger partial charge on any atom is -0.376 e. The topological polar surface area (TPSA) is 36.9 Å². The SMILES string of the molecule is COC1(OC)COCCC1OCc1ccccc1. The standard InChI is InChI=1S/C14H20O4/c1-15-14(16-2)11-17-9-8-13(14)18-10-12-6-4-3-5-7-12/h3-7,13H,8-11H2,1-2H3. The Morgan fingerprint density at radius 3 is 2.61 bits per heavy atom. The second-order valence-corrected chi connectivity index (χ2v) is 4.35. The van der Waals surface area contributed by atoms with Gasteiger partial charge in [0.05, 0.1) is 6.61 Å². The summed E-state index contributed by atoms with van der Waals surface area (Å²) < 4.78 is 22.3. The lowest BCUT2D eigenvalue weighted by atomic mass is 10.1. The van der Waals surface area contributed by atoms with Crippen LogP contribution < -0.4 is 0 Å². The maximum Gasteiger partial charge on any atom is 0.218 e. The summed E-state index contributed by atoms with van der Waals surface area (Å²) in [6, 6.07) is 10.1. The van der Waals surface area contributed by atoms with Crippen LogP contribution in [0.3, 0.4) is 0 Å². The van der Waals surface area contributed by atoms with Gasteiger partial charge in [0.1, 0.15) is 12.7 Å². The zero-order valence-corrected chi connectivity index (χ0v) is 10.9. The first-order valence-corrected chi connectivity index (χ1v) is 6.14. The molecule has 0 bridgehead atoms. The number of rotatable bonds is 5. The number of methoxy groups -OCH3 is 2. The molecule has 0 saturated carbocycles. The van der Waals surface area contributed by atoms with Crippen molar-refractivity contribution in [2.24, 2.45) is 0 Å². The van der Waals surface area contributed by atoms with Gasteiger partial charge in [0.2, 0.25) is 5.79 Å². The van der Waals surface area contributed by atoms with Crippen molar-refractivity contribution in [3.63, 3.8) is 0 Å². The summed E-state index contributed by atoms with van der Waals surface area (Å²) in [5.74, 6) is -0.785. The van der Waals surface area contributed by atoms with Crippen molar-refractivity contribution in [2.45, 2.75) is 24.9 Å². The maximum atomic E-state index is 5.94. The Hall–Kier alpha value is -0.940. The fourth-order valence-electron chi connectivity index (χ4n) is 2.16. The first-order valence-electron chi connectivity index (χ1n) is 6.14. The molecular weight excluding hydrogens is 232 g/mol. The molecule has 0 N–H and O–H groups in total. The number of hydrogen-bond donors (Lipinski definition) is 0. The van der Waals surface area contributed by atoms with E-state index in [1.165, 1.54) is 0 Å². The van der Waals surface area contributed by atoms with Crippen molar-refractivity contribution >= 4 is 0 Å². The Bertz CT molecular complexity index is 348. The van der Waals surface area contributed by atoms with Gasteiger partial charge in [-0.1, -0.05) is 30.3 Å². The summed E-state index contributed by atoms with van der Waals surface area (Å²) >= 11 is 0. The Kier molecular flexibility index (Phi) is 4.72. The molecule has 0 amide bonds. The third kappa shape index (κ3) is 2.90. The highest BCUT2D eigenvalue weighted by Crippen LogP contribution is 2.27. The average molecular weight is 252 g/mol. The van der Waals surface area contributed by atoms with Gasteiger partial charge >= 0.3 is 0 Å². The van der Waals surface area contributed by atoms with Gasteiger partial charge in [-0.25, -0.2) is 0 Å². The van der Waals surface area contributed by atoms with Crippen molar-refractivity contribution in [3.8, 4) is 0 Å². The van der Waals surface area contributed by atoms with Crippen molar-refractivity contribution in [2.75, 3.05) is 27.4 Å². The Morgan fingerprint density at radius 2 is 1.94 bits per heavy atom. The zero-order chi connectivity index (χ0) is 12.8. The Labute approximate surface area is 108 Å². The Morgan fingerprint density at radius 1 is 1.22 bits per heavy atom. The van der Waals surface area contributed by atoms with Crippen molar-refractivity contribution in [1.82, 2.24) is 0 Å². The smallest absolute Gasteiger partial charge is 0.218 e. The first-order chi connectivity index (χ1) is 8.80.